The van der Waals surface area contributed by atoms with Gasteiger partial charge >= 0.3 is 6.61 Å². The molecule has 2 aromatic rings. The number of hydrogen-bond acceptors (Lipinski definition) is 4. The number of benzene rings is 1. The molecule has 27 heavy (non-hydrogen) atoms. The number of aromatic amines is 1. The molecule has 2 atom stereocenters. The number of fused-ring (bicyclic) bond motifs is 1. The number of ether oxygens (including phenoxy) is 1. The second-order valence-corrected chi connectivity index (χ2v) is 7.94. The van der Waals surface area contributed by atoms with Crippen LogP contribution in [0.15, 0.2) is 41.0 Å². The van der Waals surface area contributed by atoms with Gasteiger partial charge in [-0.3, -0.25) is 0 Å². The van der Waals surface area contributed by atoms with Crippen LogP contribution in [0.5, 0.6) is 5.75 Å². The summed E-state index contributed by atoms with van der Waals surface area (Å²) in [4.78, 5) is 0. The number of allylic oxidation sites excluding steroid dienone is 2. The molecule has 1 aromatic heterocycles. The SMILES string of the molecule is CC1(C)[C@H]2CC=C(/C=N\n3c(-c4ccc(OC(F)F)cc4)n[nH]c3=S)[C@@H]1C2. The molecule has 8 heteroatoms. The average molecular weight is 390 g/mol. The predicted octanol–water partition coefficient (Wildman–Crippen LogP) is 5.04. The van der Waals surface area contributed by atoms with Crippen LogP contribution < -0.4 is 4.74 Å². The Morgan fingerprint density at radius 2 is 2.11 bits per heavy atom. The van der Waals surface area contributed by atoms with E-state index in [-0.39, 0.29) is 5.75 Å². The summed E-state index contributed by atoms with van der Waals surface area (Å²) in [6, 6.07) is 6.23. The van der Waals surface area contributed by atoms with Crippen molar-refractivity contribution in [2.75, 3.05) is 0 Å². The fraction of sp³-hybridized carbons (Fsp3) is 0.421. The lowest BCUT2D eigenvalue weighted by atomic mass is 9.49. The number of aromatic nitrogens is 3. The summed E-state index contributed by atoms with van der Waals surface area (Å²) >= 11 is 5.29. The molecule has 1 heterocycles. The van der Waals surface area contributed by atoms with Gasteiger partial charge in [0.1, 0.15) is 5.75 Å². The van der Waals surface area contributed by atoms with Crippen molar-refractivity contribution in [3.63, 3.8) is 0 Å². The molecule has 3 aliphatic carbocycles. The Bertz CT molecular complexity index is 959. The van der Waals surface area contributed by atoms with Crippen molar-refractivity contribution in [1.82, 2.24) is 14.9 Å². The molecule has 0 spiro atoms. The Kier molecular flexibility index (Phi) is 4.46. The van der Waals surface area contributed by atoms with Crippen LogP contribution in [0.4, 0.5) is 8.78 Å². The zero-order valence-electron chi connectivity index (χ0n) is 15.0. The van der Waals surface area contributed by atoms with Crippen molar-refractivity contribution in [3.8, 4) is 17.1 Å². The first kappa shape index (κ1) is 18.0. The van der Waals surface area contributed by atoms with Gasteiger partial charge in [0.05, 0.1) is 6.21 Å². The topological polar surface area (TPSA) is 55.2 Å². The van der Waals surface area contributed by atoms with E-state index in [9.17, 15) is 8.78 Å². The monoisotopic (exact) mass is 390 g/mol. The second kappa shape index (κ2) is 6.67. The van der Waals surface area contributed by atoms with E-state index in [1.807, 2.05) is 6.21 Å². The summed E-state index contributed by atoms with van der Waals surface area (Å²) in [5, 5.41) is 11.5. The van der Waals surface area contributed by atoms with Crippen LogP contribution in [-0.4, -0.2) is 27.7 Å². The molecule has 1 aromatic carbocycles. The third kappa shape index (κ3) is 3.22. The smallest absolute Gasteiger partial charge is 0.387 e. The van der Waals surface area contributed by atoms with E-state index in [0.717, 1.165) is 12.3 Å². The zero-order chi connectivity index (χ0) is 19.2. The quantitative estimate of drug-likeness (QED) is 0.575. The van der Waals surface area contributed by atoms with E-state index < -0.39 is 6.61 Å². The van der Waals surface area contributed by atoms with Crippen molar-refractivity contribution in [2.45, 2.75) is 33.3 Å². The number of alkyl halides is 2. The summed E-state index contributed by atoms with van der Waals surface area (Å²) in [6.07, 6.45) is 6.42. The van der Waals surface area contributed by atoms with Gasteiger partial charge in [-0.1, -0.05) is 19.9 Å². The Hall–Kier alpha value is -2.35. The predicted molar refractivity (Wildman–Crippen MR) is 101 cm³/mol. The van der Waals surface area contributed by atoms with E-state index in [4.69, 9.17) is 12.2 Å². The van der Waals surface area contributed by atoms with E-state index in [1.54, 1.807) is 16.8 Å². The lowest BCUT2D eigenvalue weighted by Crippen LogP contribution is -2.48. The van der Waals surface area contributed by atoms with Gasteiger partial charge in [0.2, 0.25) is 4.77 Å². The number of H-pyrrole nitrogens is 1. The molecule has 1 saturated carbocycles. The highest BCUT2D eigenvalue weighted by Gasteiger charge is 2.50. The van der Waals surface area contributed by atoms with Gasteiger partial charge in [0.15, 0.2) is 5.82 Å². The first-order valence-electron chi connectivity index (χ1n) is 8.83. The number of rotatable bonds is 5. The van der Waals surface area contributed by atoms with Crippen molar-refractivity contribution in [2.24, 2.45) is 22.4 Å². The molecule has 5 nitrogen and oxygen atoms in total. The Balaban J connectivity index is 1.59. The molecule has 0 saturated heterocycles. The van der Waals surface area contributed by atoms with Crippen LogP contribution in [-0.2, 0) is 0 Å². The number of nitrogens with one attached hydrogen (secondary N) is 1. The molecule has 0 aliphatic heterocycles. The first-order chi connectivity index (χ1) is 12.9. The fourth-order valence-electron chi connectivity index (χ4n) is 4.04. The zero-order valence-corrected chi connectivity index (χ0v) is 15.8. The van der Waals surface area contributed by atoms with Gasteiger partial charge in [-0.05, 0) is 72.1 Å². The maximum absolute atomic E-state index is 12.3. The fourth-order valence-corrected chi connectivity index (χ4v) is 4.22. The van der Waals surface area contributed by atoms with Crippen LogP contribution in [0.1, 0.15) is 26.7 Å². The molecule has 1 fully saturated rings. The summed E-state index contributed by atoms with van der Waals surface area (Å²) in [5.41, 5.74) is 2.25. The summed E-state index contributed by atoms with van der Waals surface area (Å²) in [7, 11) is 0. The lowest BCUT2D eigenvalue weighted by Gasteiger charge is -2.55. The van der Waals surface area contributed by atoms with Crippen LogP contribution in [0.25, 0.3) is 11.4 Å². The molecular formula is C19H20F2N4OS. The van der Waals surface area contributed by atoms with Gasteiger partial charge in [-0.15, -0.1) is 0 Å². The van der Waals surface area contributed by atoms with Crippen molar-refractivity contribution in [3.05, 3.63) is 40.7 Å². The van der Waals surface area contributed by atoms with Crippen molar-refractivity contribution < 1.29 is 13.5 Å². The summed E-state index contributed by atoms with van der Waals surface area (Å²) < 4.78 is 30.9. The lowest BCUT2D eigenvalue weighted by molar-refractivity contribution is -0.0498. The molecule has 0 radical (unpaired) electrons. The molecule has 3 aliphatic rings. The highest BCUT2D eigenvalue weighted by Crippen LogP contribution is 2.58. The van der Waals surface area contributed by atoms with Crippen molar-refractivity contribution in [1.29, 1.82) is 0 Å². The minimum absolute atomic E-state index is 0.0899. The molecule has 1 N–H and O–H groups in total. The normalized spacial score (nSPS) is 23.4. The highest BCUT2D eigenvalue weighted by molar-refractivity contribution is 7.71. The minimum atomic E-state index is -2.85. The first-order valence-corrected chi connectivity index (χ1v) is 9.24. The van der Waals surface area contributed by atoms with Crippen molar-refractivity contribution >= 4 is 18.4 Å². The van der Waals surface area contributed by atoms with Crippen LogP contribution in [0, 0.1) is 22.0 Å². The number of hydrogen-bond donors (Lipinski definition) is 1. The van der Waals surface area contributed by atoms with Gasteiger partial charge < -0.3 is 4.74 Å². The maximum atomic E-state index is 12.3. The van der Waals surface area contributed by atoms with Gasteiger partial charge in [0, 0.05) is 5.56 Å². The average Bonchev–Trinajstić information content (AvgIpc) is 3.00. The third-order valence-electron chi connectivity index (χ3n) is 5.82. The van der Waals surface area contributed by atoms with Gasteiger partial charge in [0.25, 0.3) is 0 Å². The molecule has 2 bridgehead atoms. The van der Waals surface area contributed by atoms with Gasteiger partial charge in [-0.25, -0.2) is 5.10 Å². The molecular weight excluding hydrogens is 370 g/mol. The van der Waals surface area contributed by atoms with Gasteiger partial charge in [-0.2, -0.15) is 23.7 Å². The van der Waals surface area contributed by atoms with Crippen LogP contribution in [0.3, 0.4) is 0 Å². The Morgan fingerprint density at radius 3 is 2.74 bits per heavy atom. The minimum Gasteiger partial charge on any atom is -0.435 e. The maximum Gasteiger partial charge on any atom is 0.387 e. The van der Waals surface area contributed by atoms with Crippen LogP contribution in [0.2, 0.25) is 0 Å². The molecule has 0 unspecified atom stereocenters. The largest absolute Gasteiger partial charge is 0.435 e. The number of halogens is 2. The van der Waals surface area contributed by atoms with E-state index in [1.165, 1.54) is 24.1 Å². The van der Waals surface area contributed by atoms with E-state index in [0.29, 0.717) is 27.5 Å². The van der Waals surface area contributed by atoms with E-state index >= 15 is 0 Å². The van der Waals surface area contributed by atoms with Crippen LogP contribution >= 0.6 is 12.2 Å². The molecule has 0 amide bonds. The third-order valence-corrected chi connectivity index (χ3v) is 6.09. The molecule has 142 valence electrons. The highest BCUT2D eigenvalue weighted by atomic mass is 32.1. The standard InChI is InChI=1S/C19H20F2N4OS/c1-19(2)13-6-3-12(15(19)9-13)10-22-25-16(23-24-18(25)27)11-4-7-14(8-5-11)26-17(20)21/h3-5,7-8,10,13,15,17H,6,9H2,1-2H3,(H,24,27)/b22-10-/t13-,15-/m0/s1. The summed E-state index contributed by atoms with van der Waals surface area (Å²) in [6.45, 7) is 1.77. The summed E-state index contributed by atoms with van der Waals surface area (Å²) in [5.74, 6) is 1.89. The van der Waals surface area contributed by atoms with E-state index in [2.05, 4.69) is 40.0 Å². The Labute approximate surface area is 160 Å². The number of nitrogens with zero attached hydrogens (tertiary/aromatic N) is 3. The Morgan fingerprint density at radius 1 is 1.37 bits per heavy atom. The molecule has 5 rings (SSSR count). The second-order valence-electron chi connectivity index (χ2n) is 7.56.